The first-order chi connectivity index (χ1) is 9.25. The normalized spacial score (nSPS) is 10.6. The number of aromatic hydroxyl groups is 1. The van der Waals surface area contributed by atoms with Crippen LogP contribution in [0.25, 0.3) is 0 Å². The Balaban J connectivity index is 2.08. The minimum absolute atomic E-state index is 0.254. The number of unbranched alkanes of at least 4 members (excludes halogenated alkanes) is 7. The molecule has 1 aromatic rings. The first-order valence-electron chi connectivity index (χ1n) is 7.56. The Labute approximate surface area is 117 Å². The molecule has 0 unspecified atom stereocenters. The summed E-state index contributed by atoms with van der Waals surface area (Å²) in [6, 6.07) is 7.22. The quantitative estimate of drug-likeness (QED) is 0.378. The Kier molecular flexibility index (Phi) is 8.07. The first-order valence-corrected chi connectivity index (χ1v) is 7.56. The van der Waals surface area contributed by atoms with E-state index in [4.69, 9.17) is 5.84 Å². The first kappa shape index (κ1) is 15.8. The van der Waals surface area contributed by atoms with Gasteiger partial charge < -0.3 is 10.1 Å². The van der Waals surface area contributed by atoms with E-state index in [1.54, 1.807) is 11.1 Å². The van der Waals surface area contributed by atoms with Crippen LogP contribution in [0, 0.1) is 0 Å². The molecule has 108 valence electrons. The molecule has 3 heteroatoms. The van der Waals surface area contributed by atoms with Crippen molar-refractivity contribution in [3.8, 4) is 5.75 Å². The summed E-state index contributed by atoms with van der Waals surface area (Å²) in [5.74, 6) is 6.20. The molecule has 0 saturated carbocycles. The molecule has 0 aromatic heterocycles. The van der Waals surface area contributed by atoms with Gasteiger partial charge >= 0.3 is 0 Å². The fourth-order valence-corrected chi connectivity index (χ4v) is 2.24. The summed E-state index contributed by atoms with van der Waals surface area (Å²) >= 11 is 0. The molecule has 3 N–H and O–H groups in total. The van der Waals surface area contributed by atoms with Gasteiger partial charge in [-0.15, -0.1) is 0 Å². The molecule has 0 aliphatic heterocycles. The van der Waals surface area contributed by atoms with E-state index in [2.05, 4.69) is 6.92 Å². The maximum atomic E-state index is 9.68. The van der Waals surface area contributed by atoms with E-state index < -0.39 is 0 Å². The van der Waals surface area contributed by atoms with Gasteiger partial charge in [0, 0.05) is 6.54 Å². The number of phenols is 1. The molecule has 0 saturated heterocycles. The van der Waals surface area contributed by atoms with Crippen LogP contribution in [0.3, 0.4) is 0 Å². The van der Waals surface area contributed by atoms with Crippen LogP contribution in [0.2, 0.25) is 0 Å². The minimum atomic E-state index is 0.254. The van der Waals surface area contributed by atoms with Crippen molar-refractivity contribution in [2.45, 2.75) is 58.3 Å². The number of nitrogens with zero attached hydrogens (tertiary/aromatic N) is 1. The van der Waals surface area contributed by atoms with Crippen LogP contribution in [-0.2, 0) is 0 Å². The van der Waals surface area contributed by atoms with Gasteiger partial charge in [0.2, 0.25) is 0 Å². The van der Waals surface area contributed by atoms with E-state index in [0.717, 1.165) is 13.0 Å². The second-order valence-electron chi connectivity index (χ2n) is 5.16. The zero-order valence-corrected chi connectivity index (χ0v) is 12.1. The van der Waals surface area contributed by atoms with Crippen LogP contribution in [0.1, 0.15) is 58.3 Å². The average Bonchev–Trinajstić information content (AvgIpc) is 2.42. The third-order valence-corrected chi connectivity index (χ3v) is 3.44. The summed E-state index contributed by atoms with van der Waals surface area (Å²) in [5.41, 5.74) is 0.713. The second-order valence-corrected chi connectivity index (χ2v) is 5.16. The van der Waals surface area contributed by atoms with Crippen molar-refractivity contribution in [3.05, 3.63) is 24.3 Å². The van der Waals surface area contributed by atoms with Gasteiger partial charge in [0.1, 0.15) is 5.75 Å². The zero-order valence-electron chi connectivity index (χ0n) is 12.1. The van der Waals surface area contributed by atoms with Crippen molar-refractivity contribution in [1.29, 1.82) is 0 Å². The fourth-order valence-electron chi connectivity index (χ4n) is 2.24. The summed E-state index contributed by atoms with van der Waals surface area (Å²) in [5, 5.41) is 11.3. The number of hydrogen-bond acceptors (Lipinski definition) is 3. The second kappa shape index (κ2) is 9.68. The third-order valence-electron chi connectivity index (χ3n) is 3.44. The molecule has 0 radical (unpaired) electrons. The Morgan fingerprint density at radius 3 is 2.16 bits per heavy atom. The van der Waals surface area contributed by atoms with Crippen LogP contribution in [0.15, 0.2) is 24.3 Å². The SMILES string of the molecule is CCCCCCCCCCN(N)c1ccccc1O. The predicted molar refractivity (Wildman–Crippen MR) is 82.3 cm³/mol. The number of phenolic OH excluding ortho intramolecular Hbond substituents is 1. The Bertz CT molecular complexity index is 341. The van der Waals surface area contributed by atoms with E-state index >= 15 is 0 Å². The molecule has 0 fully saturated rings. The maximum absolute atomic E-state index is 9.68. The topological polar surface area (TPSA) is 49.5 Å². The van der Waals surface area contributed by atoms with E-state index in [0.29, 0.717) is 5.69 Å². The molecule has 1 rings (SSSR count). The molecule has 1 aromatic carbocycles. The molecule has 0 amide bonds. The Hall–Kier alpha value is -1.22. The van der Waals surface area contributed by atoms with Crippen LogP contribution >= 0.6 is 0 Å². The lowest BCUT2D eigenvalue weighted by Crippen LogP contribution is -2.31. The van der Waals surface area contributed by atoms with Crippen LogP contribution in [-0.4, -0.2) is 11.7 Å². The number of benzene rings is 1. The molecule has 0 aliphatic carbocycles. The van der Waals surface area contributed by atoms with Gasteiger partial charge in [-0.3, -0.25) is 0 Å². The number of para-hydroxylation sites is 2. The largest absolute Gasteiger partial charge is 0.506 e. The molecular formula is C16H28N2O. The van der Waals surface area contributed by atoms with Crippen molar-refractivity contribution >= 4 is 5.69 Å². The van der Waals surface area contributed by atoms with Crippen molar-refractivity contribution in [2.75, 3.05) is 11.6 Å². The van der Waals surface area contributed by atoms with Gasteiger partial charge in [-0.2, -0.15) is 0 Å². The van der Waals surface area contributed by atoms with Gasteiger partial charge in [-0.1, -0.05) is 64.0 Å². The van der Waals surface area contributed by atoms with Gasteiger partial charge in [0.15, 0.2) is 0 Å². The summed E-state index contributed by atoms with van der Waals surface area (Å²) in [6.07, 6.45) is 10.3. The number of nitrogens with two attached hydrogens (primary N) is 1. The molecule has 0 heterocycles. The highest BCUT2D eigenvalue weighted by Crippen LogP contribution is 2.24. The van der Waals surface area contributed by atoms with Crippen molar-refractivity contribution in [2.24, 2.45) is 5.84 Å². The fraction of sp³-hybridized carbons (Fsp3) is 0.625. The summed E-state index contributed by atoms with van der Waals surface area (Å²) in [7, 11) is 0. The Morgan fingerprint density at radius 2 is 1.53 bits per heavy atom. The number of hydrazine groups is 1. The minimum Gasteiger partial charge on any atom is -0.506 e. The number of rotatable bonds is 10. The van der Waals surface area contributed by atoms with Crippen molar-refractivity contribution in [3.63, 3.8) is 0 Å². The molecule has 0 atom stereocenters. The van der Waals surface area contributed by atoms with Gasteiger partial charge in [-0.05, 0) is 18.6 Å². The molecular weight excluding hydrogens is 236 g/mol. The monoisotopic (exact) mass is 264 g/mol. The third kappa shape index (κ3) is 6.48. The molecule has 0 spiro atoms. The lowest BCUT2D eigenvalue weighted by molar-refractivity contribution is 0.473. The zero-order chi connectivity index (χ0) is 13.9. The van der Waals surface area contributed by atoms with E-state index in [9.17, 15) is 5.11 Å². The van der Waals surface area contributed by atoms with Crippen LogP contribution in [0.4, 0.5) is 5.69 Å². The van der Waals surface area contributed by atoms with E-state index in [1.165, 1.54) is 44.9 Å². The predicted octanol–water partition coefficient (Wildman–Crippen LogP) is 4.21. The smallest absolute Gasteiger partial charge is 0.140 e. The summed E-state index contributed by atoms with van der Waals surface area (Å²) in [4.78, 5) is 0. The van der Waals surface area contributed by atoms with Gasteiger partial charge in [0.05, 0.1) is 5.69 Å². The molecule has 19 heavy (non-hydrogen) atoms. The van der Waals surface area contributed by atoms with Gasteiger partial charge in [-0.25, -0.2) is 5.84 Å². The highest BCUT2D eigenvalue weighted by molar-refractivity contribution is 5.56. The standard InChI is InChI=1S/C16H28N2O/c1-2-3-4-5-6-7-8-11-14-18(17)15-12-9-10-13-16(15)19/h9-10,12-13,19H,2-8,11,14,17H2,1H3. The van der Waals surface area contributed by atoms with E-state index in [1.807, 2.05) is 18.2 Å². The molecule has 3 nitrogen and oxygen atoms in total. The highest BCUT2D eigenvalue weighted by atomic mass is 16.3. The Morgan fingerprint density at radius 1 is 0.947 bits per heavy atom. The summed E-state index contributed by atoms with van der Waals surface area (Å²) < 4.78 is 0. The van der Waals surface area contributed by atoms with Crippen molar-refractivity contribution in [1.82, 2.24) is 0 Å². The molecule has 0 aliphatic rings. The van der Waals surface area contributed by atoms with E-state index in [-0.39, 0.29) is 5.75 Å². The number of anilines is 1. The lowest BCUT2D eigenvalue weighted by Gasteiger charge is -2.19. The van der Waals surface area contributed by atoms with Crippen LogP contribution in [0.5, 0.6) is 5.75 Å². The average molecular weight is 264 g/mol. The summed E-state index contributed by atoms with van der Waals surface area (Å²) in [6.45, 7) is 3.04. The van der Waals surface area contributed by atoms with Crippen LogP contribution < -0.4 is 10.9 Å². The lowest BCUT2D eigenvalue weighted by atomic mass is 10.1. The number of hydrogen-bond donors (Lipinski definition) is 2. The van der Waals surface area contributed by atoms with Crippen molar-refractivity contribution < 1.29 is 5.11 Å². The van der Waals surface area contributed by atoms with Gasteiger partial charge in [0.25, 0.3) is 0 Å². The highest BCUT2D eigenvalue weighted by Gasteiger charge is 2.05. The molecule has 0 bridgehead atoms. The maximum Gasteiger partial charge on any atom is 0.140 e.